The predicted octanol–water partition coefficient (Wildman–Crippen LogP) is 1.85. The molecular formula is C14H21N3O3. The lowest BCUT2D eigenvalue weighted by Gasteiger charge is -2.17. The average molecular weight is 279 g/mol. The second-order valence-corrected chi connectivity index (χ2v) is 4.94. The van der Waals surface area contributed by atoms with Crippen LogP contribution in [0.4, 0.5) is 10.5 Å². The molecule has 1 aromatic carbocycles. The number of amides is 2. The molecule has 6 nitrogen and oxygen atoms in total. The number of urea groups is 1. The Hall–Kier alpha value is -2.08. The molecule has 0 aromatic heterocycles. The van der Waals surface area contributed by atoms with Crippen LogP contribution in [-0.4, -0.2) is 48.7 Å². The Balaban J connectivity index is 2.56. The lowest BCUT2D eigenvalue weighted by molar-refractivity contribution is 0.0698. The summed E-state index contributed by atoms with van der Waals surface area (Å²) in [6.45, 7) is 2.78. The summed E-state index contributed by atoms with van der Waals surface area (Å²) in [6, 6.07) is 5.92. The van der Waals surface area contributed by atoms with Crippen molar-refractivity contribution in [1.29, 1.82) is 0 Å². The van der Waals surface area contributed by atoms with Gasteiger partial charge in [-0.05, 0) is 46.1 Å². The Morgan fingerprint density at radius 1 is 1.30 bits per heavy atom. The normalized spacial score (nSPS) is 12.0. The van der Waals surface area contributed by atoms with E-state index in [1.807, 2.05) is 25.9 Å². The highest BCUT2D eigenvalue weighted by atomic mass is 16.4. The molecular weight excluding hydrogens is 258 g/mol. The van der Waals surface area contributed by atoms with Gasteiger partial charge in [-0.25, -0.2) is 9.59 Å². The Labute approximate surface area is 118 Å². The van der Waals surface area contributed by atoms with Crippen molar-refractivity contribution in [1.82, 2.24) is 10.2 Å². The molecule has 0 bridgehead atoms. The molecule has 1 unspecified atom stereocenters. The van der Waals surface area contributed by atoms with Gasteiger partial charge in [0.15, 0.2) is 0 Å². The van der Waals surface area contributed by atoms with Gasteiger partial charge in [-0.15, -0.1) is 0 Å². The van der Waals surface area contributed by atoms with E-state index in [0.29, 0.717) is 0 Å². The minimum Gasteiger partial charge on any atom is -0.478 e. The van der Waals surface area contributed by atoms with Crippen LogP contribution >= 0.6 is 0 Å². The fourth-order valence-electron chi connectivity index (χ4n) is 1.68. The molecule has 0 aliphatic rings. The molecule has 110 valence electrons. The minimum atomic E-state index is -1.07. The molecule has 0 radical (unpaired) electrons. The zero-order valence-corrected chi connectivity index (χ0v) is 12.0. The molecule has 6 heteroatoms. The van der Waals surface area contributed by atoms with Crippen LogP contribution in [0.1, 0.15) is 23.7 Å². The van der Waals surface area contributed by atoms with Gasteiger partial charge in [-0.2, -0.15) is 0 Å². The summed E-state index contributed by atoms with van der Waals surface area (Å²) in [5, 5.41) is 14.4. The van der Waals surface area contributed by atoms with Crippen LogP contribution in [0.2, 0.25) is 0 Å². The van der Waals surface area contributed by atoms with Crippen molar-refractivity contribution in [3.05, 3.63) is 29.8 Å². The van der Waals surface area contributed by atoms with Crippen LogP contribution in [0, 0.1) is 0 Å². The number of rotatable bonds is 6. The third kappa shape index (κ3) is 5.27. The van der Waals surface area contributed by atoms with Gasteiger partial charge in [0.05, 0.1) is 11.3 Å². The third-order valence-electron chi connectivity index (χ3n) is 2.79. The Bertz CT molecular complexity index is 474. The summed E-state index contributed by atoms with van der Waals surface area (Å²) in [4.78, 5) is 24.9. The van der Waals surface area contributed by atoms with Crippen molar-refractivity contribution in [2.45, 2.75) is 19.4 Å². The fourth-order valence-corrected chi connectivity index (χ4v) is 1.68. The Kier molecular flexibility index (Phi) is 5.99. The van der Waals surface area contributed by atoms with Gasteiger partial charge in [0.2, 0.25) is 0 Å². The second-order valence-electron chi connectivity index (χ2n) is 4.94. The summed E-state index contributed by atoms with van der Waals surface area (Å²) >= 11 is 0. The van der Waals surface area contributed by atoms with Gasteiger partial charge in [0, 0.05) is 6.04 Å². The molecule has 0 heterocycles. The van der Waals surface area contributed by atoms with E-state index in [1.165, 1.54) is 6.07 Å². The maximum absolute atomic E-state index is 11.8. The summed E-state index contributed by atoms with van der Waals surface area (Å²) in [5.41, 5.74) is 0.362. The largest absolute Gasteiger partial charge is 0.478 e. The number of para-hydroxylation sites is 1. The summed E-state index contributed by atoms with van der Waals surface area (Å²) < 4.78 is 0. The first-order valence-electron chi connectivity index (χ1n) is 6.44. The molecule has 0 aliphatic heterocycles. The lowest BCUT2D eigenvalue weighted by Crippen LogP contribution is -2.38. The number of carbonyl (C=O) groups is 2. The number of anilines is 1. The Morgan fingerprint density at radius 2 is 1.95 bits per heavy atom. The van der Waals surface area contributed by atoms with Crippen molar-refractivity contribution < 1.29 is 14.7 Å². The lowest BCUT2D eigenvalue weighted by atomic mass is 10.2. The molecule has 0 spiro atoms. The number of nitrogens with one attached hydrogen (secondary N) is 2. The van der Waals surface area contributed by atoms with E-state index < -0.39 is 12.0 Å². The van der Waals surface area contributed by atoms with Crippen molar-refractivity contribution in [3.63, 3.8) is 0 Å². The van der Waals surface area contributed by atoms with E-state index in [9.17, 15) is 9.59 Å². The molecule has 1 aromatic rings. The highest BCUT2D eigenvalue weighted by Gasteiger charge is 2.13. The predicted molar refractivity (Wildman–Crippen MR) is 78.2 cm³/mol. The molecule has 0 saturated heterocycles. The number of carboxylic acids is 1. The van der Waals surface area contributed by atoms with E-state index in [0.717, 1.165) is 13.0 Å². The van der Waals surface area contributed by atoms with E-state index in [1.54, 1.807) is 18.2 Å². The maximum Gasteiger partial charge on any atom is 0.337 e. The highest BCUT2D eigenvalue weighted by molar-refractivity contribution is 5.99. The van der Waals surface area contributed by atoms with Crippen LogP contribution in [0.5, 0.6) is 0 Å². The first-order valence-corrected chi connectivity index (χ1v) is 6.44. The van der Waals surface area contributed by atoms with Gasteiger partial charge >= 0.3 is 12.0 Å². The van der Waals surface area contributed by atoms with Gasteiger partial charge in [-0.3, -0.25) is 0 Å². The number of hydrogen-bond donors (Lipinski definition) is 3. The SMILES string of the molecule is CC(CCN(C)C)NC(=O)Nc1ccccc1C(=O)O. The van der Waals surface area contributed by atoms with Gasteiger partial charge in [-0.1, -0.05) is 12.1 Å². The van der Waals surface area contributed by atoms with E-state index >= 15 is 0 Å². The quantitative estimate of drug-likeness (QED) is 0.742. The number of benzene rings is 1. The van der Waals surface area contributed by atoms with Crippen LogP contribution in [0.15, 0.2) is 24.3 Å². The van der Waals surface area contributed by atoms with Gasteiger partial charge < -0.3 is 20.6 Å². The van der Waals surface area contributed by atoms with Crippen molar-refractivity contribution in [2.24, 2.45) is 0 Å². The highest BCUT2D eigenvalue weighted by Crippen LogP contribution is 2.14. The van der Waals surface area contributed by atoms with Crippen LogP contribution in [0.25, 0.3) is 0 Å². The van der Waals surface area contributed by atoms with E-state index in [2.05, 4.69) is 10.6 Å². The minimum absolute atomic E-state index is 0.00869. The van der Waals surface area contributed by atoms with Crippen LogP contribution in [0.3, 0.4) is 0 Å². The molecule has 0 aliphatic carbocycles. The molecule has 0 saturated carbocycles. The fraction of sp³-hybridized carbons (Fsp3) is 0.429. The first kappa shape index (κ1) is 16.0. The zero-order chi connectivity index (χ0) is 15.1. The van der Waals surface area contributed by atoms with Crippen molar-refractivity contribution in [2.75, 3.05) is 26.0 Å². The standard InChI is InChI=1S/C14H21N3O3/c1-10(8-9-17(2)3)15-14(20)16-12-7-5-4-6-11(12)13(18)19/h4-7,10H,8-9H2,1-3H3,(H,18,19)(H2,15,16,20). The molecule has 3 N–H and O–H groups in total. The maximum atomic E-state index is 11.8. The third-order valence-corrected chi connectivity index (χ3v) is 2.79. The Morgan fingerprint density at radius 3 is 2.55 bits per heavy atom. The molecule has 1 atom stereocenters. The molecule has 20 heavy (non-hydrogen) atoms. The number of hydrogen-bond acceptors (Lipinski definition) is 3. The monoisotopic (exact) mass is 279 g/mol. The first-order chi connectivity index (χ1) is 9.40. The van der Waals surface area contributed by atoms with Gasteiger partial charge in [0.1, 0.15) is 0 Å². The number of aromatic carboxylic acids is 1. The number of carboxylic acid groups (broad SMARTS) is 1. The summed E-state index contributed by atoms with van der Waals surface area (Å²) in [7, 11) is 3.94. The summed E-state index contributed by atoms with van der Waals surface area (Å²) in [6.07, 6.45) is 0.820. The van der Waals surface area contributed by atoms with E-state index in [4.69, 9.17) is 5.11 Å². The second kappa shape index (κ2) is 7.49. The zero-order valence-electron chi connectivity index (χ0n) is 12.0. The molecule has 2 amide bonds. The topological polar surface area (TPSA) is 81.7 Å². The van der Waals surface area contributed by atoms with Crippen LogP contribution in [-0.2, 0) is 0 Å². The smallest absolute Gasteiger partial charge is 0.337 e. The molecule has 0 fully saturated rings. The van der Waals surface area contributed by atoms with Gasteiger partial charge in [0.25, 0.3) is 0 Å². The molecule has 1 rings (SSSR count). The van der Waals surface area contributed by atoms with Crippen molar-refractivity contribution >= 4 is 17.7 Å². The van der Waals surface area contributed by atoms with Crippen LogP contribution < -0.4 is 10.6 Å². The summed E-state index contributed by atoms with van der Waals surface area (Å²) in [5.74, 6) is -1.07. The number of nitrogens with zero attached hydrogens (tertiary/aromatic N) is 1. The van der Waals surface area contributed by atoms with Crippen molar-refractivity contribution in [3.8, 4) is 0 Å². The average Bonchev–Trinajstić information content (AvgIpc) is 2.36. The van der Waals surface area contributed by atoms with E-state index in [-0.39, 0.29) is 17.3 Å². The number of carbonyl (C=O) groups excluding carboxylic acids is 1.